The number of aromatic nitrogens is 5. The van der Waals surface area contributed by atoms with E-state index in [4.69, 9.17) is 11.6 Å². The molecule has 0 aliphatic rings. The molecular formula is C21H18ClF3N6O. The van der Waals surface area contributed by atoms with Gasteiger partial charge in [0.2, 0.25) is 0 Å². The summed E-state index contributed by atoms with van der Waals surface area (Å²) in [5.74, 6) is -0.539. The third kappa shape index (κ3) is 4.31. The maximum Gasteiger partial charge on any atom is 0.433 e. The predicted molar refractivity (Wildman–Crippen MR) is 112 cm³/mol. The summed E-state index contributed by atoms with van der Waals surface area (Å²) in [6.45, 7) is 2.81. The lowest BCUT2D eigenvalue weighted by Crippen LogP contribution is -2.27. The number of carbonyl (C=O) groups excluding carboxylic acids is 1. The molecule has 3 heterocycles. The zero-order chi connectivity index (χ0) is 23.0. The highest BCUT2D eigenvalue weighted by Crippen LogP contribution is 2.32. The summed E-state index contributed by atoms with van der Waals surface area (Å²) in [4.78, 5) is 18.5. The van der Waals surface area contributed by atoms with Crippen molar-refractivity contribution in [3.05, 3.63) is 70.8 Å². The molecule has 0 unspecified atom stereocenters. The zero-order valence-electron chi connectivity index (χ0n) is 17.1. The van der Waals surface area contributed by atoms with Crippen molar-refractivity contribution in [3.8, 4) is 11.3 Å². The molecule has 0 saturated carbocycles. The summed E-state index contributed by atoms with van der Waals surface area (Å²) in [6.07, 6.45) is -2.91. The molecule has 0 aliphatic heterocycles. The Labute approximate surface area is 186 Å². The first-order valence-electron chi connectivity index (χ1n) is 9.67. The number of halogens is 4. The van der Waals surface area contributed by atoms with Gasteiger partial charge < -0.3 is 4.90 Å². The molecule has 3 aromatic heterocycles. The van der Waals surface area contributed by atoms with Gasteiger partial charge in [0.15, 0.2) is 17.0 Å². The molecule has 4 rings (SSSR count). The van der Waals surface area contributed by atoms with Crippen LogP contribution in [0.25, 0.3) is 16.9 Å². The molecule has 0 radical (unpaired) electrons. The van der Waals surface area contributed by atoms with Crippen molar-refractivity contribution in [2.45, 2.75) is 26.2 Å². The van der Waals surface area contributed by atoms with Crippen molar-refractivity contribution in [1.29, 1.82) is 0 Å². The van der Waals surface area contributed by atoms with Crippen molar-refractivity contribution in [3.63, 3.8) is 0 Å². The number of rotatable bonds is 5. The number of fused-ring (bicyclic) bond motifs is 1. The van der Waals surface area contributed by atoms with Crippen molar-refractivity contribution < 1.29 is 18.0 Å². The standard InChI is InChI=1S/C21H18ClF3N6O/c1-3-30-9-8-15(27-30)12-29(2)20(32)17-11-19-26-16(13-4-6-14(22)7-5-13)10-18(21(23,24)25)31(19)28-17/h4-11H,3,12H2,1-2H3. The highest BCUT2D eigenvalue weighted by Gasteiger charge is 2.36. The van der Waals surface area contributed by atoms with Gasteiger partial charge in [-0.3, -0.25) is 9.48 Å². The molecular weight excluding hydrogens is 445 g/mol. The Hall–Kier alpha value is -3.40. The molecule has 0 bridgehead atoms. The number of hydrogen-bond acceptors (Lipinski definition) is 4. The molecule has 0 spiro atoms. The maximum absolute atomic E-state index is 13.8. The van der Waals surface area contributed by atoms with E-state index in [1.807, 2.05) is 6.92 Å². The molecule has 4 aromatic rings. The normalized spacial score (nSPS) is 11.8. The van der Waals surface area contributed by atoms with Gasteiger partial charge in [-0.05, 0) is 31.2 Å². The fourth-order valence-corrected chi connectivity index (χ4v) is 3.35. The van der Waals surface area contributed by atoms with Crippen LogP contribution in [0.5, 0.6) is 0 Å². The SMILES string of the molecule is CCn1ccc(CN(C)C(=O)c2cc3nc(-c4ccc(Cl)cc4)cc(C(F)(F)F)n3n2)n1. The fraction of sp³-hybridized carbons (Fsp3) is 0.238. The van der Waals surface area contributed by atoms with Crippen LogP contribution in [-0.4, -0.2) is 42.2 Å². The first-order valence-corrected chi connectivity index (χ1v) is 10.0. The van der Waals surface area contributed by atoms with Crippen LogP contribution in [0.15, 0.2) is 48.7 Å². The molecule has 0 atom stereocenters. The Morgan fingerprint density at radius 2 is 1.84 bits per heavy atom. The number of nitrogens with zero attached hydrogens (tertiary/aromatic N) is 6. The second-order valence-electron chi connectivity index (χ2n) is 7.15. The summed E-state index contributed by atoms with van der Waals surface area (Å²) in [5, 5.41) is 8.67. The average molecular weight is 463 g/mol. The summed E-state index contributed by atoms with van der Waals surface area (Å²) in [5.41, 5.74) is -0.0501. The Balaban J connectivity index is 1.71. The third-order valence-corrected chi connectivity index (χ3v) is 5.09. The van der Waals surface area contributed by atoms with Crippen LogP contribution in [0, 0.1) is 0 Å². The van der Waals surface area contributed by atoms with Crippen LogP contribution in [0.3, 0.4) is 0 Å². The van der Waals surface area contributed by atoms with Crippen molar-refractivity contribution in [2.75, 3.05) is 7.05 Å². The third-order valence-electron chi connectivity index (χ3n) is 4.84. The van der Waals surface area contributed by atoms with Gasteiger partial charge >= 0.3 is 6.18 Å². The highest BCUT2D eigenvalue weighted by atomic mass is 35.5. The van der Waals surface area contributed by atoms with Gasteiger partial charge in [-0.1, -0.05) is 23.7 Å². The van der Waals surface area contributed by atoms with Crippen molar-refractivity contribution in [1.82, 2.24) is 29.3 Å². The summed E-state index contributed by atoms with van der Waals surface area (Å²) < 4.78 is 43.6. The van der Waals surface area contributed by atoms with E-state index < -0.39 is 17.8 Å². The summed E-state index contributed by atoms with van der Waals surface area (Å²) in [6, 6.07) is 10.2. The van der Waals surface area contributed by atoms with Gasteiger partial charge in [0.05, 0.1) is 17.9 Å². The molecule has 0 fully saturated rings. The van der Waals surface area contributed by atoms with E-state index in [1.54, 1.807) is 41.2 Å². The molecule has 0 N–H and O–H groups in total. The molecule has 0 aliphatic carbocycles. The molecule has 1 aromatic carbocycles. The van der Waals surface area contributed by atoms with Crippen LogP contribution in [0.4, 0.5) is 13.2 Å². The minimum Gasteiger partial charge on any atom is -0.334 e. The first kappa shape index (κ1) is 21.8. The van der Waals surface area contributed by atoms with E-state index in [2.05, 4.69) is 15.2 Å². The Bertz CT molecular complexity index is 1280. The number of amides is 1. The van der Waals surface area contributed by atoms with Gasteiger partial charge in [-0.2, -0.15) is 23.4 Å². The van der Waals surface area contributed by atoms with Crippen LogP contribution >= 0.6 is 11.6 Å². The van der Waals surface area contributed by atoms with Crippen LogP contribution < -0.4 is 0 Å². The fourth-order valence-electron chi connectivity index (χ4n) is 3.22. The van der Waals surface area contributed by atoms with E-state index in [9.17, 15) is 18.0 Å². The molecule has 7 nitrogen and oxygen atoms in total. The monoisotopic (exact) mass is 462 g/mol. The van der Waals surface area contributed by atoms with Gasteiger partial charge in [0.1, 0.15) is 0 Å². The Morgan fingerprint density at radius 1 is 1.12 bits per heavy atom. The largest absolute Gasteiger partial charge is 0.433 e. The lowest BCUT2D eigenvalue weighted by molar-refractivity contribution is -0.142. The Kier molecular flexibility index (Phi) is 5.64. The second-order valence-corrected chi connectivity index (χ2v) is 7.59. The van der Waals surface area contributed by atoms with E-state index in [1.165, 1.54) is 18.0 Å². The topological polar surface area (TPSA) is 68.3 Å². The quantitative estimate of drug-likeness (QED) is 0.436. The van der Waals surface area contributed by atoms with E-state index >= 15 is 0 Å². The first-order chi connectivity index (χ1) is 15.2. The summed E-state index contributed by atoms with van der Waals surface area (Å²) >= 11 is 5.87. The van der Waals surface area contributed by atoms with Gasteiger partial charge in [-0.25, -0.2) is 9.50 Å². The molecule has 166 valence electrons. The lowest BCUT2D eigenvalue weighted by Gasteiger charge is -2.14. The number of hydrogen-bond donors (Lipinski definition) is 0. The maximum atomic E-state index is 13.8. The smallest absolute Gasteiger partial charge is 0.334 e. The molecule has 0 saturated heterocycles. The van der Waals surface area contributed by atoms with E-state index in [-0.39, 0.29) is 23.6 Å². The molecule has 32 heavy (non-hydrogen) atoms. The highest BCUT2D eigenvalue weighted by molar-refractivity contribution is 6.30. The predicted octanol–water partition coefficient (Wildman–Crippen LogP) is 4.56. The van der Waals surface area contributed by atoms with Crippen molar-refractivity contribution in [2.24, 2.45) is 0 Å². The number of benzene rings is 1. The number of carbonyl (C=O) groups is 1. The lowest BCUT2D eigenvalue weighted by atomic mass is 10.1. The van der Waals surface area contributed by atoms with Gasteiger partial charge in [0, 0.05) is 36.4 Å². The van der Waals surface area contributed by atoms with Gasteiger partial charge in [-0.15, -0.1) is 0 Å². The Morgan fingerprint density at radius 3 is 2.47 bits per heavy atom. The van der Waals surface area contributed by atoms with Crippen molar-refractivity contribution >= 4 is 23.2 Å². The molecule has 1 amide bonds. The van der Waals surface area contributed by atoms with Gasteiger partial charge in [0.25, 0.3) is 5.91 Å². The van der Waals surface area contributed by atoms with E-state index in [0.717, 1.165) is 6.07 Å². The van der Waals surface area contributed by atoms with Crippen LogP contribution in [0.1, 0.15) is 28.8 Å². The summed E-state index contributed by atoms with van der Waals surface area (Å²) in [7, 11) is 1.54. The minimum absolute atomic E-state index is 0.0863. The van der Waals surface area contributed by atoms with E-state index in [0.29, 0.717) is 27.3 Å². The molecule has 11 heteroatoms. The second kappa shape index (κ2) is 8.27. The number of alkyl halides is 3. The minimum atomic E-state index is -4.70. The number of aryl methyl sites for hydroxylation is 1. The van der Waals surface area contributed by atoms with Crippen LogP contribution in [-0.2, 0) is 19.3 Å². The van der Waals surface area contributed by atoms with Crippen LogP contribution in [0.2, 0.25) is 5.02 Å². The zero-order valence-corrected chi connectivity index (χ0v) is 17.9. The average Bonchev–Trinajstić information content (AvgIpc) is 3.38.